The zero-order chi connectivity index (χ0) is 18.9. The molecule has 0 unspecified atom stereocenters. The molecule has 6 nitrogen and oxygen atoms in total. The van der Waals surface area contributed by atoms with Crippen LogP contribution in [0.3, 0.4) is 0 Å². The quantitative estimate of drug-likeness (QED) is 0.462. The number of carbonyl (C=O) groups excluding carboxylic acids is 1. The predicted molar refractivity (Wildman–Crippen MR) is 110 cm³/mol. The molecular formula is C22H19N5O. The zero-order valence-corrected chi connectivity index (χ0v) is 15.2. The Morgan fingerprint density at radius 3 is 2.32 bits per heavy atom. The van der Waals surface area contributed by atoms with Gasteiger partial charge in [0.1, 0.15) is 11.0 Å². The minimum atomic E-state index is -0.0906. The number of amides is 1. The fourth-order valence-electron chi connectivity index (χ4n) is 3.77. The van der Waals surface area contributed by atoms with Crippen molar-refractivity contribution in [3.05, 3.63) is 72.3 Å². The molecule has 0 radical (unpaired) electrons. The third-order valence-electron chi connectivity index (χ3n) is 5.10. The van der Waals surface area contributed by atoms with Crippen LogP contribution < -0.4 is 5.32 Å². The summed E-state index contributed by atoms with van der Waals surface area (Å²) in [4.78, 5) is 12.4. The minimum absolute atomic E-state index is 0.0906. The molecule has 2 heterocycles. The summed E-state index contributed by atoms with van der Waals surface area (Å²) in [6.45, 7) is 1.45. The van der Waals surface area contributed by atoms with Gasteiger partial charge in [-0.25, -0.2) is 0 Å². The van der Waals surface area contributed by atoms with E-state index < -0.39 is 0 Å². The van der Waals surface area contributed by atoms with E-state index in [0.29, 0.717) is 17.6 Å². The number of H-pyrrole nitrogens is 1. The summed E-state index contributed by atoms with van der Waals surface area (Å²) in [7, 11) is 0. The molecule has 0 aliphatic heterocycles. The molecule has 2 N–H and O–H groups in total. The van der Waals surface area contributed by atoms with Crippen molar-refractivity contribution in [1.82, 2.24) is 25.3 Å². The average Bonchev–Trinajstić information content (AvgIpc) is 3.33. The number of nitrogens with zero attached hydrogens (tertiary/aromatic N) is 3. The van der Waals surface area contributed by atoms with Gasteiger partial charge < -0.3 is 9.88 Å². The highest BCUT2D eigenvalue weighted by atomic mass is 16.1. The number of rotatable bonds is 5. The standard InChI is InChI=1S/C22H19N5O/c28-22(15-10-11-18-19(14-15)25-26-24-18)23-12-5-13-27-20-8-3-1-6-16(20)17-7-2-4-9-21(17)27/h1-4,6-11,14H,5,12-13H2,(H,23,28)(H,24,25,26). The van der Waals surface area contributed by atoms with Gasteiger partial charge in [0.2, 0.25) is 0 Å². The van der Waals surface area contributed by atoms with Crippen LogP contribution >= 0.6 is 0 Å². The van der Waals surface area contributed by atoms with Gasteiger partial charge in [-0.1, -0.05) is 36.4 Å². The summed E-state index contributed by atoms with van der Waals surface area (Å²) in [5, 5.41) is 16.1. The Bertz CT molecular complexity index is 1250. The second kappa shape index (κ2) is 6.81. The Kier molecular flexibility index (Phi) is 4.01. The summed E-state index contributed by atoms with van der Waals surface area (Å²) in [6, 6.07) is 22.2. The molecular weight excluding hydrogens is 350 g/mol. The highest BCUT2D eigenvalue weighted by Gasteiger charge is 2.10. The van der Waals surface area contributed by atoms with Gasteiger partial charge in [-0.3, -0.25) is 4.79 Å². The molecule has 138 valence electrons. The van der Waals surface area contributed by atoms with Crippen LogP contribution in [-0.2, 0) is 6.54 Å². The molecule has 0 aliphatic rings. The number of fused-ring (bicyclic) bond motifs is 4. The molecule has 0 saturated heterocycles. The van der Waals surface area contributed by atoms with Gasteiger partial charge in [-0.05, 0) is 36.8 Å². The number of carbonyl (C=O) groups is 1. The monoisotopic (exact) mass is 369 g/mol. The van der Waals surface area contributed by atoms with Gasteiger partial charge in [-0.15, -0.1) is 0 Å². The fraction of sp³-hybridized carbons (Fsp3) is 0.136. The molecule has 0 fully saturated rings. The molecule has 3 aromatic carbocycles. The van der Waals surface area contributed by atoms with E-state index in [1.165, 1.54) is 21.8 Å². The van der Waals surface area contributed by atoms with Gasteiger partial charge in [0.15, 0.2) is 0 Å². The molecule has 1 amide bonds. The van der Waals surface area contributed by atoms with Crippen LogP contribution in [0.2, 0.25) is 0 Å². The fourth-order valence-corrected chi connectivity index (χ4v) is 3.77. The van der Waals surface area contributed by atoms with E-state index in [-0.39, 0.29) is 5.91 Å². The number of aryl methyl sites for hydroxylation is 1. The normalized spacial score (nSPS) is 11.4. The Morgan fingerprint density at radius 1 is 0.893 bits per heavy atom. The van der Waals surface area contributed by atoms with Crippen LogP contribution in [0.1, 0.15) is 16.8 Å². The van der Waals surface area contributed by atoms with E-state index in [4.69, 9.17) is 0 Å². The Balaban J connectivity index is 1.29. The molecule has 0 bridgehead atoms. The molecule has 6 heteroatoms. The molecule has 5 aromatic rings. The van der Waals surface area contributed by atoms with E-state index in [2.05, 4.69) is 73.8 Å². The first-order valence-corrected chi connectivity index (χ1v) is 9.36. The molecule has 28 heavy (non-hydrogen) atoms. The smallest absolute Gasteiger partial charge is 0.251 e. The maximum Gasteiger partial charge on any atom is 0.251 e. The lowest BCUT2D eigenvalue weighted by Gasteiger charge is -2.09. The number of benzene rings is 3. The molecule has 0 spiro atoms. The van der Waals surface area contributed by atoms with Crippen molar-refractivity contribution in [1.29, 1.82) is 0 Å². The first kappa shape index (κ1) is 16.5. The third kappa shape index (κ3) is 2.79. The summed E-state index contributed by atoms with van der Waals surface area (Å²) in [5.41, 5.74) is 4.50. The maximum atomic E-state index is 12.4. The van der Waals surface area contributed by atoms with Crippen molar-refractivity contribution in [2.75, 3.05) is 6.54 Å². The largest absolute Gasteiger partial charge is 0.352 e. The van der Waals surface area contributed by atoms with E-state index in [0.717, 1.165) is 18.5 Å². The second-order valence-electron chi connectivity index (χ2n) is 6.82. The zero-order valence-electron chi connectivity index (χ0n) is 15.2. The number of para-hydroxylation sites is 2. The maximum absolute atomic E-state index is 12.4. The van der Waals surface area contributed by atoms with Gasteiger partial charge in [0.25, 0.3) is 5.91 Å². The van der Waals surface area contributed by atoms with Gasteiger partial charge in [0.05, 0.1) is 0 Å². The first-order chi connectivity index (χ1) is 13.8. The lowest BCUT2D eigenvalue weighted by Crippen LogP contribution is -2.25. The van der Waals surface area contributed by atoms with Crippen LogP contribution in [0, 0.1) is 0 Å². The number of aromatic amines is 1. The highest BCUT2D eigenvalue weighted by Crippen LogP contribution is 2.28. The Morgan fingerprint density at radius 2 is 1.57 bits per heavy atom. The summed E-state index contributed by atoms with van der Waals surface area (Å²) in [6.07, 6.45) is 0.848. The first-order valence-electron chi connectivity index (χ1n) is 9.36. The van der Waals surface area contributed by atoms with Crippen LogP contribution in [0.15, 0.2) is 66.7 Å². The molecule has 2 aromatic heterocycles. The van der Waals surface area contributed by atoms with Crippen molar-refractivity contribution >= 4 is 38.7 Å². The van der Waals surface area contributed by atoms with E-state index >= 15 is 0 Å². The Labute approximate surface area is 161 Å². The van der Waals surface area contributed by atoms with E-state index in [9.17, 15) is 4.79 Å². The molecule has 0 saturated carbocycles. The number of hydrogen-bond donors (Lipinski definition) is 2. The number of hydrogen-bond acceptors (Lipinski definition) is 3. The summed E-state index contributed by atoms with van der Waals surface area (Å²) >= 11 is 0. The van der Waals surface area contributed by atoms with Crippen molar-refractivity contribution < 1.29 is 4.79 Å². The highest BCUT2D eigenvalue weighted by molar-refractivity contribution is 6.07. The van der Waals surface area contributed by atoms with Crippen LogP contribution in [0.4, 0.5) is 0 Å². The van der Waals surface area contributed by atoms with Gasteiger partial charge in [0, 0.05) is 40.5 Å². The van der Waals surface area contributed by atoms with Crippen molar-refractivity contribution in [3.8, 4) is 0 Å². The SMILES string of the molecule is O=C(NCCCn1c2ccccc2c2ccccc21)c1ccc2n[nH]nc2c1. The summed E-state index contributed by atoms with van der Waals surface area (Å²) < 4.78 is 2.33. The van der Waals surface area contributed by atoms with Crippen molar-refractivity contribution in [2.24, 2.45) is 0 Å². The molecule has 0 atom stereocenters. The van der Waals surface area contributed by atoms with Crippen LogP contribution in [0.25, 0.3) is 32.8 Å². The lowest BCUT2D eigenvalue weighted by atomic mass is 10.2. The Hall–Kier alpha value is -3.67. The van der Waals surface area contributed by atoms with Crippen LogP contribution in [-0.4, -0.2) is 32.4 Å². The predicted octanol–water partition coefficient (Wildman–Crippen LogP) is 3.89. The van der Waals surface area contributed by atoms with Crippen molar-refractivity contribution in [3.63, 3.8) is 0 Å². The second-order valence-corrected chi connectivity index (χ2v) is 6.82. The van der Waals surface area contributed by atoms with Gasteiger partial charge in [-0.2, -0.15) is 15.4 Å². The van der Waals surface area contributed by atoms with Crippen LogP contribution in [0.5, 0.6) is 0 Å². The summed E-state index contributed by atoms with van der Waals surface area (Å²) in [5.74, 6) is -0.0906. The average molecular weight is 369 g/mol. The minimum Gasteiger partial charge on any atom is -0.352 e. The molecule has 5 rings (SSSR count). The third-order valence-corrected chi connectivity index (χ3v) is 5.10. The van der Waals surface area contributed by atoms with Crippen molar-refractivity contribution in [2.45, 2.75) is 13.0 Å². The number of aromatic nitrogens is 4. The van der Waals surface area contributed by atoms with Gasteiger partial charge >= 0.3 is 0 Å². The lowest BCUT2D eigenvalue weighted by molar-refractivity contribution is 0.0953. The number of nitrogens with one attached hydrogen (secondary N) is 2. The van der Waals surface area contributed by atoms with E-state index in [1.807, 2.05) is 0 Å². The van der Waals surface area contributed by atoms with E-state index in [1.54, 1.807) is 18.2 Å². The topological polar surface area (TPSA) is 75.6 Å². The molecule has 0 aliphatic carbocycles.